The van der Waals surface area contributed by atoms with E-state index in [4.69, 9.17) is 4.42 Å². The van der Waals surface area contributed by atoms with Gasteiger partial charge >= 0.3 is 11.8 Å². The Hall–Kier alpha value is -2.12. The molecule has 2 heterocycles. The van der Waals surface area contributed by atoms with Crippen LogP contribution in [0.25, 0.3) is 0 Å². The molecule has 3 N–H and O–H groups in total. The Morgan fingerprint density at radius 3 is 2.67 bits per heavy atom. The van der Waals surface area contributed by atoms with Crippen LogP contribution >= 0.6 is 11.3 Å². The van der Waals surface area contributed by atoms with Crippen LogP contribution in [0.5, 0.6) is 0 Å². The summed E-state index contributed by atoms with van der Waals surface area (Å²) < 4.78 is 5.23. The van der Waals surface area contributed by atoms with Crippen molar-refractivity contribution in [3.05, 3.63) is 46.0 Å². The number of aryl methyl sites for hydroxylation is 1. The Morgan fingerprint density at radius 2 is 2.05 bits per heavy atom. The number of thiophene rings is 1. The summed E-state index contributed by atoms with van der Waals surface area (Å²) in [6.45, 7) is 1.98. The van der Waals surface area contributed by atoms with Gasteiger partial charge in [-0.15, -0.1) is 11.3 Å². The minimum absolute atomic E-state index is 0.0851. The molecule has 0 aliphatic carbocycles. The molecule has 0 radical (unpaired) electrons. The maximum absolute atomic E-state index is 11.6. The number of amides is 2. The first-order valence-electron chi connectivity index (χ1n) is 6.39. The van der Waals surface area contributed by atoms with Gasteiger partial charge < -0.3 is 20.2 Å². The third-order valence-corrected chi connectivity index (χ3v) is 3.63. The average Bonchev–Trinajstić information content (AvgIpc) is 3.13. The van der Waals surface area contributed by atoms with E-state index in [2.05, 4.69) is 10.6 Å². The Labute approximate surface area is 125 Å². The van der Waals surface area contributed by atoms with Crippen LogP contribution < -0.4 is 10.6 Å². The Balaban J connectivity index is 1.74. The number of aliphatic hydroxyl groups excluding tert-OH is 1. The number of carbonyl (C=O) groups excluding carboxylic acids is 2. The molecule has 0 spiro atoms. The first-order valence-corrected chi connectivity index (χ1v) is 7.27. The van der Waals surface area contributed by atoms with Crippen LogP contribution in [0.2, 0.25) is 0 Å². The smallest absolute Gasteiger partial charge is 0.309 e. The Morgan fingerprint density at radius 1 is 1.29 bits per heavy atom. The second-order valence-electron chi connectivity index (χ2n) is 4.44. The lowest BCUT2D eigenvalue weighted by Gasteiger charge is -2.09. The number of carbonyl (C=O) groups is 2. The minimum atomic E-state index is -0.979. The summed E-state index contributed by atoms with van der Waals surface area (Å²) in [5.74, 6) is -0.490. The summed E-state index contributed by atoms with van der Waals surface area (Å²) in [5.41, 5.74) is 0. The van der Waals surface area contributed by atoms with Crippen LogP contribution in [0.4, 0.5) is 0 Å². The largest absolute Gasteiger partial charge is 0.464 e. The van der Waals surface area contributed by atoms with Crippen molar-refractivity contribution in [1.29, 1.82) is 0 Å². The van der Waals surface area contributed by atoms with Crippen molar-refractivity contribution < 1.29 is 19.1 Å². The molecule has 1 atom stereocenters. The normalized spacial score (nSPS) is 11.9. The van der Waals surface area contributed by atoms with Crippen molar-refractivity contribution >= 4 is 23.2 Å². The number of nitrogens with one attached hydrogen (secondary N) is 2. The highest BCUT2D eigenvalue weighted by Crippen LogP contribution is 2.14. The van der Waals surface area contributed by atoms with Gasteiger partial charge in [0, 0.05) is 4.88 Å². The predicted octanol–water partition coefficient (Wildman–Crippen LogP) is 1.12. The zero-order valence-corrected chi connectivity index (χ0v) is 12.3. The third-order valence-electron chi connectivity index (χ3n) is 2.76. The molecule has 6 nitrogen and oxygen atoms in total. The van der Waals surface area contributed by atoms with Gasteiger partial charge in [-0.2, -0.15) is 0 Å². The van der Waals surface area contributed by atoms with Crippen LogP contribution in [-0.4, -0.2) is 23.5 Å². The lowest BCUT2D eigenvalue weighted by molar-refractivity contribution is -0.139. The fourth-order valence-corrected chi connectivity index (χ4v) is 2.31. The van der Waals surface area contributed by atoms with E-state index < -0.39 is 17.9 Å². The molecule has 2 amide bonds. The summed E-state index contributed by atoms with van der Waals surface area (Å²) in [4.78, 5) is 24.1. The lowest BCUT2D eigenvalue weighted by Crippen LogP contribution is -2.41. The van der Waals surface area contributed by atoms with Crippen LogP contribution in [0.3, 0.4) is 0 Å². The highest BCUT2D eigenvalue weighted by molar-refractivity contribution is 7.09. The van der Waals surface area contributed by atoms with Crippen molar-refractivity contribution in [1.82, 2.24) is 10.6 Å². The van der Waals surface area contributed by atoms with E-state index in [0.29, 0.717) is 18.1 Å². The first-order chi connectivity index (χ1) is 10.1. The van der Waals surface area contributed by atoms with Gasteiger partial charge in [-0.1, -0.05) is 6.07 Å². The number of hydrogen-bond acceptors (Lipinski definition) is 5. The standard InChI is InChI=1S/C14H16N2O4S/c1-9-4-5-12(20-9)11(17)8-16-14(19)13(18)15-7-10-3-2-6-21-10/h2-6,11,17H,7-8H2,1H3,(H,15,18)(H,16,19)/t11-/m0/s1. The molecule has 2 aromatic heterocycles. The van der Waals surface area contributed by atoms with Crippen molar-refractivity contribution in [2.45, 2.75) is 19.6 Å². The maximum atomic E-state index is 11.6. The average molecular weight is 308 g/mol. The van der Waals surface area contributed by atoms with Crippen molar-refractivity contribution in [2.24, 2.45) is 0 Å². The monoisotopic (exact) mass is 308 g/mol. The molecule has 0 bridgehead atoms. The molecule has 0 aromatic carbocycles. The van der Waals surface area contributed by atoms with Crippen LogP contribution in [0, 0.1) is 6.92 Å². The van der Waals surface area contributed by atoms with E-state index in [9.17, 15) is 14.7 Å². The lowest BCUT2D eigenvalue weighted by atomic mass is 10.2. The molecule has 112 valence electrons. The Bertz CT molecular complexity index is 606. The molecule has 2 aromatic rings. The highest BCUT2D eigenvalue weighted by atomic mass is 32.1. The van der Waals surface area contributed by atoms with Gasteiger partial charge in [-0.3, -0.25) is 9.59 Å². The summed E-state index contributed by atoms with van der Waals surface area (Å²) in [5, 5.41) is 16.6. The molecule has 0 fully saturated rings. The van der Waals surface area contributed by atoms with Gasteiger partial charge in [0.2, 0.25) is 0 Å². The predicted molar refractivity (Wildman–Crippen MR) is 77.6 cm³/mol. The molecule has 0 aliphatic heterocycles. The van der Waals surface area contributed by atoms with E-state index in [1.165, 1.54) is 11.3 Å². The summed E-state index contributed by atoms with van der Waals surface area (Å²) >= 11 is 1.50. The molecule has 2 rings (SSSR count). The van der Waals surface area contributed by atoms with E-state index in [-0.39, 0.29) is 6.54 Å². The van der Waals surface area contributed by atoms with E-state index >= 15 is 0 Å². The molecule has 0 saturated carbocycles. The fourth-order valence-electron chi connectivity index (χ4n) is 1.66. The number of hydrogen-bond donors (Lipinski definition) is 3. The van der Waals surface area contributed by atoms with Crippen LogP contribution in [0.1, 0.15) is 22.5 Å². The van der Waals surface area contributed by atoms with E-state index in [1.807, 2.05) is 17.5 Å². The van der Waals surface area contributed by atoms with Gasteiger partial charge in [-0.05, 0) is 30.5 Å². The van der Waals surface area contributed by atoms with E-state index in [1.54, 1.807) is 19.1 Å². The van der Waals surface area contributed by atoms with E-state index in [0.717, 1.165) is 4.88 Å². The SMILES string of the molecule is Cc1ccc([C@@H](O)CNC(=O)C(=O)NCc2cccs2)o1. The van der Waals surface area contributed by atoms with Crippen LogP contribution in [-0.2, 0) is 16.1 Å². The second-order valence-corrected chi connectivity index (χ2v) is 5.47. The van der Waals surface area contributed by atoms with Crippen molar-refractivity contribution in [3.63, 3.8) is 0 Å². The highest BCUT2D eigenvalue weighted by Gasteiger charge is 2.17. The second kappa shape index (κ2) is 7.05. The number of aliphatic hydroxyl groups is 1. The summed E-state index contributed by atoms with van der Waals surface area (Å²) in [6, 6.07) is 7.08. The third kappa shape index (κ3) is 4.44. The number of furan rings is 1. The van der Waals surface area contributed by atoms with Gasteiger partial charge in [0.15, 0.2) is 0 Å². The van der Waals surface area contributed by atoms with Gasteiger partial charge in [0.25, 0.3) is 0 Å². The van der Waals surface area contributed by atoms with Crippen molar-refractivity contribution in [2.75, 3.05) is 6.54 Å². The molecule has 0 unspecified atom stereocenters. The summed E-state index contributed by atoms with van der Waals surface area (Å²) in [7, 11) is 0. The van der Waals surface area contributed by atoms with Gasteiger partial charge in [0.05, 0.1) is 13.1 Å². The fraction of sp³-hybridized carbons (Fsp3) is 0.286. The number of rotatable bonds is 5. The zero-order chi connectivity index (χ0) is 15.2. The zero-order valence-electron chi connectivity index (χ0n) is 11.5. The summed E-state index contributed by atoms with van der Waals surface area (Å²) in [6.07, 6.45) is -0.979. The van der Waals surface area contributed by atoms with Gasteiger partial charge in [-0.25, -0.2) is 0 Å². The van der Waals surface area contributed by atoms with Crippen LogP contribution in [0.15, 0.2) is 34.1 Å². The molecule has 7 heteroatoms. The van der Waals surface area contributed by atoms with Gasteiger partial charge in [0.1, 0.15) is 17.6 Å². The molecule has 0 saturated heterocycles. The molecule has 0 aliphatic rings. The first kappa shape index (κ1) is 15.3. The molecular formula is C14H16N2O4S. The topological polar surface area (TPSA) is 91.6 Å². The van der Waals surface area contributed by atoms with Crippen molar-refractivity contribution in [3.8, 4) is 0 Å². The quantitative estimate of drug-likeness (QED) is 0.722. The maximum Gasteiger partial charge on any atom is 0.309 e. The minimum Gasteiger partial charge on any atom is -0.464 e. The Kier molecular flexibility index (Phi) is 5.13. The molecule has 21 heavy (non-hydrogen) atoms. The molecular weight excluding hydrogens is 292 g/mol.